The molecule has 2 atom stereocenters. The third kappa shape index (κ3) is 6.54. The number of nitrogens with one attached hydrogen (secondary N) is 1. The zero-order valence-corrected chi connectivity index (χ0v) is 20.2. The van der Waals surface area contributed by atoms with Crippen LogP contribution in [0.5, 0.6) is 0 Å². The minimum absolute atomic E-state index is 0.000111. The molecular formula is C24H26BrFN2O5. The summed E-state index contributed by atoms with van der Waals surface area (Å²) >= 11 is 3.15. The molecule has 1 heterocycles. The molecule has 1 aliphatic heterocycles. The Morgan fingerprint density at radius 3 is 2.52 bits per heavy atom. The van der Waals surface area contributed by atoms with Crippen LogP contribution in [0, 0.1) is 5.82 Å². The van der Waals surface area contributed by atoms with E-state index in [0.29, 0.717) is 5.56 Å². The average molecular weight is 521 g/mol. The van der Waals surface area contributed by atoms with E-state index in [-0.39, 0.29) is 23.9 Å². The number of imide groups is 1. The number of rotatable bonds is 5. The molecule has 2 aromatic rings. The maximum absolute atomic E-state index is 14.7. The Kier molecular flexibility index (Phi) is 7.73. The number of benzene rings is 2. The highest BCUT2D eigenvalue weighted by atomic mass is 79.9. The number of amides is 3. The molecule has 0 bridgehead atoms. The lowest BCUT2D eigenvalue weighted by atomic mass is 10.00. The van der Waals surface area contributed by atoms with E-state index in [1.807, 2.05) is 30.3 Å². The van der Waals surface area contributed by atoms with E-state index in [0.717, 1.165) is 10.5 Å². The molecule has 176 valence electrons. The molecule has 3 rings (SSSR count). The van der Waals surface area contributed by atoms with Gasteiger partial charge in [0, 0.05) is 6.42 Å². The molecule has 3 amide bonds. The Bertz CT molecular complexity index is 1030. The molecule has 0 unspecified atom stereocenters. The molecule has 7 nitrogen and oxygen atoms in total. The smallest absolute Gasteiger partial charge is 0.417 e. The molecule has 0 aliphatic carbocycles. The molecule has 0 radical (unpaired) electrons. The molecule has 1 saturated heterocycles. The molecule has 0 saturated carbocycles. The van der Waals surface area contributed by atoms with Crippen molar-refractivity contribution in [1.29, 1.82) is 0 Å². The Morgan fingerprint density at radius 1 is 1.15 bits per heavy atom. The first-order valence-electron chi connectivity index (χ1n) is 10.5. The number of ether oxygens (including phenoxy) is 2. The summed E-state index contributed by atoms with van der Waals surface area (Å²) in [5.41, 5.74) is 0.267. The molecule has 1 aliphatic rings. The van der Waals surface area contributed by atoms with Gasteiger partial charge < -0.3 is 14.8 Å². The van der Waals surface area contributed by atoms with Gasteiger partial charge in [0.25, 0.3) is 0 Å². The second-order valence-corrected chi connectivity index (χ2v) is 9.60. The number of halogens is 2. The number of hydrogen-bond acceptors (Lipinski definition) is 5. The zero-order valence-electron chi connectivity index (χ0n) is 18.6. The highest BCUT2D eigenvalue weighted by molar-refractivity contribution is 9.10. The Hall–Kier alpha value is -2.94. The summed E-state index contributed by atoms with van der Waals surface area (Å²) in [6.45, 7) is 5.11. The van der Waals surface area contributed by atoms with Crippen LogP contribution in [0.1, 0.15) is 38.3 Å². The van der Waals surface area contributed by atoms with E-state index in [1.165, 1.54) is 0 Å². The lowest BCUT2D eigenvalue weighted by Crippen LogP contribution is -2.49. The standard InChI is InChI=1S/C24H26BrFN2O5/c1-24(2,3)33-23(31)28-19(12-16-10-7-11-17(25)21(16)26)18(13-20(28)29)27-22(30)32-14-15-8-5-4-6-9-15/h4-11,18-19H,12-14H2,1-3H3,(H,27,30)/t18-,19-/m0/s1. The van der Waals surface area contributed by atoms with Crippen LogP contribution in [0.25, 0.3) is 0 Å². The van der Waals surface area contributed by atoms with E-state index >= 15 is 0 Å². The van der Waals surface area contributed by atoms with Crippen LogP contribution >= 0.6 is 15.9 Å². The largest absolute Gasteiger partial charge is 0.445 e. The minimum atomic E-state index is -0.847. The number of nitrogens with zero attached hydrogens (tertiary/aromatic N) is 1. The molecule has 33 heavy (non-hydrogen) atoms. The van der Waals surface area contributed by atoms with Gasteiger partial charge >= 0.3 is 12.2 Å². The number of likely N-dealkylation sites (tertiary alicyclic amines) is 1. The van der Waals surface area contributed by atoms with Gasteiger partial charge in [-0.1, -0.05) is 42.5 Å². The SMILES string of the molecule is CC(C)(C)OC(=O)N1C(=O)C[C@H](NC(=O)OCc2ccccc2)[C@@H]1Cc1cccc(Br)c1F. The van der Waals surface area contributed by atoms with Crippen molar-refractivity contribution in [2.45, 2.75) is 57.9 Å². The summed E-state index contributed by atoms with van der Waals surface area (Å²) in [5, 5.41) is 2.67. The maximum atomic E-state index is 14.7. The quantitative estimate of drug-likeness (QED) is 0.601. The lowest BCUT2D eigenvalue weighted by molar-refractivity contribution is -0.128. The Balaban J connectivity index is 1.79. The van der Waals surface area contributed by atoms with Crippen LogP contribution in [-0.4, -0.2) is 40.7 Å². The fourth-order valence-electron chi connectivity index (χ4n) is 3.56. The van der Waals surface area contributed by atoms with Crippen molar-refractivity contribution >= 4 is 34.0 Å². The summed E-state index contributed by atoms with van der Waals surface area (Å²) in [4.78, 5) is 39.0. The van der Waals surface area contributed by atoms with Gasteiger partial charge in [-0.3, -0.25) is 4.79 Å². The molecule has 1 N–H and O–H groups in total. The number of carbonyl (C=O) groups is 3. The fraction of sp³-hybridized carbons (Fsp3) is 0.375. The van der Waals surface area contributed by atoms with Crippen molar-refractivity contribution in [3.8, 4) is 0 Å². The first-order chi connectivity index (χ1) is 15.5. The molecule has 2 aromatic carbocycles. The van der Waals surface area contributed by atoms with E-state index in [1.54, 1.807) is 39.0 Å². The molecule has 0 spiro atoms. The number of alkyl carbamates (subject to hydrolysis) is 1. The van der Waals surface area contributed by atoms with Gasteiger partial charge in [-0.25, -0.2) is 18.9 Å². The molecule has 0 aromatic heterocycles. The molecule has 1 fully saturated rings. The van der Waals surface area contributed by atoms with Gasteiger partial charge in [0.1, 0.15) is 18.0 Å². The third-order valence-corrected chi connectivity index (χ3v) is 5.64. The van der Waals surface area contributed by atoms with E-state index < -0.39 is 41.6 Å². The minimum Gasteiger partial charge on any atom is -0.445 e. The first kappa shape index (κ1) is 24.7. The van der Waals surface area contributed by atoms with Crippen LogP contribution in [-0.2, 0) is 27.3 Å². The van der Waals surface area contributed by atoms with Crippen LogP contribution in [0.2, 0.25) is 0 Å². The zero-order chi connectivity index (χ0) is 24.2. The van der Waals surface area contributed by atoms with Gasteiger partial charge in [-0.2, -0.15) is 0 Å². The fourth-order valence-corrected chi connectivity index (χ4v) is 3.97. The van der Waals surface area contributed by atoms with Gasteiger partial charge in [0.15, 0.2) is 0 Å². The highest BCUT2D eigenvalue weighted by Crippen LogP contribution is 2.28. The van der Waals surface area contributed by atoms with Crippen LogP contribution in [0.15, 0.2) is 53.0 Å². The van der Waals surface area contributed by atoms with Crippen molar-refractivity contribution < 1.29 is 28.2 Å². The topological polar surface area (TPSA) is 84.9 Å². The lowest BCUT2D eigenvalue weighted by Gasteiger charge is -2.29. The van der Waals surface area contributed by atoms with Crippen LogP contribution in [0.4, 0.5) is 14.0 Å². The molecule has 9 heteroatoms. The third-order valence-electron chi connectivity index (χ3n) is 5.03. The Morgan fingerprint density at radius 2 is 1.85 bits per heavy atom. The van der Waals surface area contributed by atoms with Gasteiger partial charge in [-0.15, -0.1) is 0 Å². The van der Waals surface area contributed by atoms with Crippen molar-refractivity contribution in [2.24, 2.45) is 0 Å². The van der Waals surface area contributed by atoms with E-state index in [4.69, 9.17) is 9.47 Å². The second kappa shape index (κ2) is 10.3. The highest BCUT2D eigenvalue weighted by Gasteiger charge is 2.46. The summed E-state index contributed by atoms with van der Waals surface area (Å²) in [5.74, 6) is -1.01. The predicted octanol–water partition coefficient (Wildman–Crippen LogP) is 4.96. The Labute approximate surface area is 200 Å². The van der Waals surface area contributed by atoms with Gasteiger partial charge in [-0.05, 0) is 60.3 Å². The maximum Gasteiger partial charge on any atom is 0.417 e. The second-order valence-electron chi connectivity index (χ2n) is 8.75. The van der Waals surface area contributed by atoms with Crippen LogP contribution in [0.3, 0.4) is 0 Å². The monoisotopic (exact) mass is 520 g/mol. The van der Waals surface area contributed by atoms with Crippen LogP contribution < -0.4 is 5.32 Å². The predicted molar refractivity (Wildman–Crippen MR) is 123 cm³/mol. The van der Waals surface area contributed by atoms with Crippen molar-refractivity contribution in [3.05, 3.63) is 69.9 Å². The first-order valence-corrected chi connectivity index (χ1v) is 11.3. The summed E-state index contributed by atoms with van der Waals surface area (Å²) in [7, 11) is 0. The molecular weight excluding hydrogens is 495 g/mol. The number of hydrogen-bond donors (Lipinski definition) is 1. The summed E-state index contributed by atoms with van der Waals surface area (Å²) in [6.07, 6.45) is -1.71. The van der Waals surface area contributed by atoms with E-state index in [2.05, 4.69) is 21.2 Å². The summed E-state index contributed by atoms with van der Waals surface area (Å²) in [6, 6.07) is 12.3. The van der Waals surface area contributed by atoms with Gasteiger partial charge in [0.2, 0.25) is 5.91 Å². The van der Waals surface area contributed by atoms with Crippen molar-refractivity contribution in [3.63, 3.8) is 0 Å². The number of carbonyl (C=O) groups excluding carboxylic acids is 3. The van der Waals surface area contributed by atoms with Crippen molar-refractivity contribution in [2.75, 3.05) is 0 Å². The summed E-state index contributed by atoms with van der Waals surface area (Å²) < 4.78 is 25.6. The van der Waals surface area contributed by atoms with E-state index in [9.17, 15) is 18.8 Å². The normalized spacial score (nSPS) is 18.2. The van der Waals surface area contributed by atoms with Gasteiger partial charge in [0.05, 0.1) is 16.6 Å². The average Bonchev–Trinajstić information content (AvgIpc) is 3.04. The van der Waals surface area contributed by atoms with Crippen molar-refractivity contribution in [1.82, 2.24) is 10.2 Å².